The minimum absolute atomic E-state index is 0.538. The minimum atomic E-state index is 0.538. The topological polar surface area (TPSA) is 42.1 Å². The van der Waals surface area contributed by atoms with Crippen LogP contribution < -0.4 is 10.6 Å². The van der Waals surface area contributed by atoms with E-state index in [9.17, 15) is 0 Å². The van der Waals surface area contributed by atoms with Crippen LogP contribution in [0.3, 0.4) is 0 Å². The van der Waals surface area contributed by atoms with Crippen molar-refractivity contribution in [1.29, 1.82) is 0 Å². The second-order valence-electron chi connectivity index (χ2n) is 4.71. The van der Waals surface area contributed by atoms with Crippen LogP contribution in [0, 0.1) is 0 Å². The molecule has 1 heterocycles. The standard InChI is InChI=1S/C16H21N3/c1-3-4-7-10-19(2)16-11-13(12-17)14-8-5-6-9-15(14)18-16/h3,5-6,8-9,11H,1,4,7,10,12,17H2,2H3. The van der Waals surface area contributed by atoms with E-state index in [1.165, 1.54) is 0 Å². The maximum atomic E-state index is 5.85. The van der Waals surface area contributed by atoms with E-state index in [2.05, 4.69) is 30.7 Å². The Morgan fingerprint density at radius 1 is 1.37 bits per heavy atom. The number of nitrogens with zero attached hydrogens (tertiary/aromatic N) is 2. The number of para-hydroxylation sites is 1. The molecule has 19 heavy (non-hydrogen) atoms. The van der Waals surface area contributed by atoms with Gasteiger partial charge in [-0.2, -0.15) is 0 Å². The minimum Gasteiger partial charge on any atom is -0.360 e. The molecule has 0 saturated heterocycles. The van der Waals surface area contributed by atoms with Gasteiger partial charge in [0.2, 0.25) is 0 Å². The van der Waals surface area contributed by atoms with Crippen LogP contribution in [0.5, 0.6) is 0 Å². The summed E-state index contributed by atoms with van der Waals surface area (Å²) in [6.45, 7) is 5.26. The number of allylic oxidation sites excluding steroid dienone is 1. The van der Waals surface area contributed by atoms with Crippen molar-refractivity contribution in [2.45, 2.75) is 19.4 Å². The monoisotopic (exact) mass is 255 g/mol. The Labute approximate surface area is 114 Å². The summed E-state index contributed by atoms with van der Waals surface area (Å²) in [5.74, 6) is 0.989. The third-order valence-corrected chi connectivity index (χ3v) is 3.30. The SMILES string of the molecule is C=CCCCN(C)c1cc(CN)c2ccccc2n1. The molecule has 0 unspecified atom stereocenters. The zero-order valence-electron chi connectivity index (χ0n) is 11.5. The third-order valence-electron chi connectivity index (χ3n) is 3.30. The summed E-state index contributed by atoms with van der Waals surface area (Å²) in [4.78, 5) is 6.88. The van der Waals surface area contributed by atoms with Gasteiger partial charge in [0, 0.05) is 25.5 Å². The summed E-state index contributed by atoms with van der Waals surface area (Å²) < 4.78 is 0. The lowest BCUT2D eigenvalue weighted by atomic mass is 10.1. The zero-order valence-corrected chi connectivity index (χ0v) is 11.5. The van der Waals surface area contributed by atoms with Crippen LogP contribution in [-0.4, -0.2) is 18.6 Å². The highest BCUT2D eigenvalue weighted by Gasteiger charge is 2.07. The van der Waals surface area contributed by atoms with Gasteiger partial charge in [-0.15, -0.1) is 6.58 Å². The van der Waals surface area contributed by atoms with E-state index in [0.717, 1.165) is 41.7 Å². The number of fused-ring (bicyclic) bond motifs is 1. The van der Waals surface area contributed by atoms with Gasteiger partial charge in [0.25, 0.3) is 0 Å². The normalized spacial score (nSPS) is 10.6. The van der Waals surface area contributed by atoms with E-state index in [1.54, 1.807) is 0 Å². The molecular formula is C16H21N3. The van der Waals surface area contributed by atoms with E-state index in [0.29, 0.717) is 6.54 Å². The molecule has 1 aromatic carbocycles. The zero-order chi connectivity index (χ0) is 13.7. The Morgan fingerprint density at radius 3 is 2.89 bits per heavy atom. The molecule has 0 aliphatic heterocycles. The summed E-state index contributed by atoms with van der Waals surface area (Å²) >= 11 is 0. The number of unbranched alkanes of at least 4 members (excludes halogenated alkanes) is 1. The first-order valence-corrected chi connectivity index (χ1v) is 6.67. The van der Waals surface area contributed by atoms with Gasteiger partial charge in [0.05, 0.1) is 5.52 Å². The number of anilines is 1. The molecule has 2 aromatic rings. The number of hydrogen-bond donors (Lipinski definition) is 1. The molecule has 3 nitrogen and oxygen atoms in total. The van der Waals surface area contributed by atoms with Gasteiger partial charge in [-0.25, -0.2) is 4.98 Å². The fourth-order valence-corrected chi connectivity index (χ4v) is 2.18. The summed E-state index contributed by atoms with van der Waals surface area (Å²) in [5, 5.41) is 1.15. The van der Waals surface area contributed by atoms with Crippen LogP contribution >= 0.6 is 0 Å². The fraction of sp³-hybridized carbons (Fsp3) is 0.312. The van der Waals surface area contributed by atoms with Crippen LogP contribution in [0.2, 0.25) is 0 Å². The van der Waals surface area contributed by atoms with Crippen LogP contribution in [-0.2, 0) is 6.54 Å². The van der Waals surface area contributed by atoms with Gasteiger partial charge in [0.1, 0.15) is 5.82 Å². The largest absolute Gasteiger partial charge is 0.360 e. The van der Waals surface area contributed by atoms with Gasteiger partial charge >= 0.3 is 0 Å². The molecule has 3 heteroatoms. The highest BCUT2D eigenvalue weighted by Crippen LogP contribution is 2.22. The lowest BCUT2D eigenvalue weighted by molar-refractivity contribution is 0.793. The van der Waals surface area contributed by atoms with Crippen molar-refractivity contribution in [2.24, 2.45) is 5.73 Å². The van der Waals surface area contributed by atoms with E-state index >= 15 is 0 Å². The Balaban J connectivity index is 2.30. The average molecular weight is 255 g/mol. The molecule has 2 N–H and O–H groups in total. The summed E-state index contributed by atoms with van der Waals surface area (Å²) in [6, 6.07) is 10.2. The Morgan fingerprint density at radius 2 is 2.16 bits per heavy atom. The quantitative estimate of drug-likeness (QED) is 0.637. The van der Waals surface area contributed by atoms with Crippen LogP contribution in [0.1, 0.15) is 18.4 Å². The summed E-state index contributed by atoms with van der Waals surface area (Å²) in [6.07, 6.45) is 4.07. The van der Waals surface area contributed by atoms with Crippen molar-refractivity contribution in [3.63, 3.8) is 0 Å². The lowest BCUT2D eigenvalue weighted by Gasteiger charge is -2.19. The van der Waals surface area contributed by atoms with E-state index in [-0.39, 0.29) is 0 Å². The van der Waals surface area contributed by atoms with Gasteiger partial charge in [-0.05, 0) is 30.5 Å². The molecule has 0 amide bonds. The first-order chi connectivity index (χ1) is 9.26. The fourth-order valence-electron chi connectivity index (χ4n) is 2.18. The van der Waals surface area contributed by atoms with Crippen molar-refractivity contribution < 1.29 is 0 Å². The molecule has 2 rings (SSSR count). The van der Waals surface area contributed by atoms with Crippen molar-refractivity contribution in [1.82, 2.24) is 4.98 Å². The van der Waals surface area contributed by atoms with Crippen LogP contribution in [0.4, 0.5) is 5.82 Å². The van der Waals surface area contributed by atoms with Crippen molar-refractivity contribution in [2.75, 3.05) is 18.5 Å². The molecule has 100 valence electrons. The number of rotatable bonds is 6. The van der Waals surface area contributed by atoms with Crippen LogP contribution in [0.25, 0.3) is 10.9 Å². The predicted molar refractivity (Wildman–Crippen MR) is 82.3 cm³/mol. The van der Waals surface area contributed by atoms with Crippen molar-refractivity contribution >= 4 is 16.7 Å². The molecular weight excluding hydrogens is 234 g/mol. The number of nitrogens with two attached hydrogens (primary N) is 1. The number of hydrogen-bond acceptors (Lipinski definition) is 3. The highest BCUT2D eigenvalue weighted by molar-refractivity contribution is 5.84. The van der Waals surface area contributed by atoms with E-state index < -0.39 is 0 Å². The molecule has 0 aliphatic carbocycles. The second kappa shape index (κ2) is 6.34. The lowest BCUT2D eigenvalue weighted by Crippen LogP contribution is -2.20. The Bertz CT molecular complexity index is 563. The molecule has 0 radical (unpaired) electrons. The van der Waals surface area contributed by atoms with Gasteiger partial charge < -0.3 is 10.6 Å². The molecule has 0 spiro atoms. The van der Waals surface area contributed by atoms with Gasteiger partial charge in [-0.1, -0.05) is 24.3 Å². The Kier molecular flexibility index (Phi) is 4.53. The van der Waals surface area contributed by atoms with E-state index in [4.69, 9.17) is 10.7 Å². The summed E-state index contributed by atoms with van der Waals surface area (Å²) in [7, 11) is 2.07. The van der Waals surface area contributed by atoms with Gasteiger partial charge in [0.15, 0.2) is 0 Å². The molecule has 0 fully saturated rings. The first kappa shape index (κ1) is 13.6. The summed E-state index contributed by atoms with van der Waals surface area (Å²) in [5.41, 5.74) is 8.01. The maximum Gasteiger partial charge on any atom is 0.129 e. The molecule has 0 bridgehead atoms. The second-order valence-corrected chi connectivity index (χ2v) is 4.71. The predicted octanol–water partition coefficient (Wildman–Crippen LogP) is 3.10. The van der Waals surface area contributed by atoms with E-state index in [1.807, 2.05) is 24.3 Å². The molecule has 1 aromatic heterocycles. The molecule has 0 atom stereocenters. The Hall–Kier alpha value is -1.87. The van der Waals surface area contributed by atoms with Gasteiger partial charge in [-0.3, -0.25) is 0 Å². The smallest absolute Gasteiger partial charge is 0.129 e. The highest BCUT2D eigenvalue weighted by atomic mass is 15.2. The van der Waals surface area contributed by atoms with Crippen molar-refractivity contribution in [3.05, 3.63) is 48.6 Å². The molecule has 0 aliphatic rings. The first-order valence-electron chi connectivity index (χ1n) is 6.67. The average Bonchev–Trinajstić information content (AvgIpc) is 2.46. The third kappa shape index (κ3) is 3.12. The number of benzene rings is 1. The number of aromatic nitrogens is 1. The van der Waals surface area contributed by atoms with Crippen LogP contribution in [0.15, 0.2) is 43.0 Å². The van der Waals surface area contributed by atoms with Crippen molar-refractivity contribution in [3.8, 4) is 0 Å². The number of pyridine rings is 1. The maximum absolute atomic E-state index is 5.85. The molecule has 0 saturated carbocycles.